The highest BCUT2D eigenvalue weighted by Crippen LogP contribution is 2.21. The van der Waals surface area contributed by atoms with Gasteiger partial charge in [-0.1, -0.05) is 11.8 Å². The Bertz CT molecular complexity index is 555. The Balaban J connectivity index is 2.10. The number of nitrogens with zero attached hydrogens (tertiary/aromatic N) is 2. The van der Waals surface area contributed by atoms with E-state index in [1.54, 1.807) is 13.2 Å². The second-order valence-electron chi connectivity index (χ2n) is 3.67. The molecule has 6 heteroatoms. The quantitative estimate of drug-likeness (QED) is 0.845. The molecule has 98 valence electrons. The first-order valence-electron chi connectivity index (χ1n) is 5.52. The highest BCUT2D eigenvalue weighted by Gasteiger charge is 2.04. The standard InChI is InChI=1S/C13H12N2O3S/c1-18-10-4-2-9(3-5-10)11-6-7-12(15-14-11)19-8-13(16)17/h2-7H,8H2,1H3,(H,16,17). The van der Waals surface area contributed by atoms with Crippen molar-refractivity contribution >= 4 is 17.7 Å². The third-order valence-corrected chi connectivity index (χ3v) is 3.27. The topological polar surface area (TPSA) is 72.3 Å². The highest BCUT2D eigenvalue weighted by molar-refractivity contribution is 7.99. The molecular formula is C13H12N2O3S. The molecule has 1 N–H and O–H groups in total. The van der Waals surface area contributed by atoms with Crippen LogP contribution in [0.1, 0.15) is 0 Å². The normalized spacial score (nSPS) is 10.2. The van der Waals surface area contributed by atoms with Crippen LogP contribution in [-0.2, 0) is 4.79 Å². The van der Waals surface area contributed by atoms with Gasteiger partial charge in [-0.2, -0.15) is 0 Å². The van der Waals surface area contributed by atoms with Crippen molar-refractivity contribution < 1.29 is 14.6 Å². The number of aromatic nitrogens is 2. The monoisotopic (exact) mass is 276 g/mol. The van der Waals surface area contributed by atoms with E-state index >= 15 is 0 Å². The number of methoxy groups -OCH3 is 1. The van der Waals surface area contributed by atoms with Gasteiger partial charge in [-0.3, -0.25) is 4.79 Å². The lowest BCUT2D eigenvalue weighted by Gasteiger charge is -2.03. The van der Waals surface area contributed by atoms with Gasteiger partial charge in [0.2, 0.25) is 0 Å². The molecule has 1 aromatic heterocycles. The van der Waals surface area contributed by atoms with E-state index in [4.69, 9.17) is 9.84 Å². The molecule has 1 heterocycles. The maximum absolute atomic E-state index is 10.4. The summed E-state index contributed by atoms with van der Waals surface area (Å²) in [7, 11) is 1.61. The van der Waals surface area contributed by atoms with Crippen LogP contribution in [0.2, 0.25) is 0 Å². The van der Waals surface area contributed by atoms with Gasteiger partial charge in [-0.15, -0.1) is 10.2 Å². The highest BCUT2D eigenvalue weighted by atomic mass is 32.2. The lowest BCUT2D eigenvalue weighted by Crippen LogP contribution is -1.98. The molecule has 0 saturated carbocycles. The lowest BCUT2D eigenvalue weighted by molar-refractivity contribution is -0.133. The molecule has 2 aromatic rings. The lowest BCUT2D eigenvalue weighted by atomic mass is 10.1. The van der Waals surface area contributed by atoms with Crippen LogP contribution in [0.3, 0.4) is 0 Å². The predicted octanol–water partition coefficient (Wildman–Crippen LogP) is 2.33. The fourth-order valence-corrected chi connectivity index (χ4v) is 1.98. The number of rotatable bonds is 5. The van der Waals surface area contributed by atoms with E-state index in [0.717, 1.165) is 28.8 Å². The number of carboxylic acid groups (broad SMARTS) is 1. The average molecular weight is 276 g/mol. The van der Waals surface area contributed by atoms with Crippen LogP contribution < -0.4 is 4.74 Å². The SMILES string of the molecule is COc1ccc(-c2ccc(SCC(=O)O)nn2)cc1. The van der Waals surface area contributed by atoms with Crippen LogP contribution in [-0.4, -0.2) is 34.1 Å². The van der Waals surface area contributed by atoms with Gasteiger partial charge in [0.25, 0.3) is 0 Å². The van der Waals surface area contributed by atoms with Crippen LogP contribution in [0.5, 0.6) is 5.75 Å². The van der Waals surface area contributed by atoms with E-state index in [0.29, 0.717) is 5.03 Å². The van der Waals surface area contributed by atoms with Crippen molar-refractivity contribution in [1.29, 1.82) is 0 Å². The third kappa shape index (κ3) is 3.69. The molecule has 0 saturated heterocycles. The van der Waals surface area contributed by atoms with Crippen molar-refractivity contribution in [3.63, 3.8) is 0 Å². The Morgan fingerprint density at radius 1 is 1.21 bits per heavy atom. The van der Waals surface area contributed by atoms with Gasteiger partial charge in [-0.25, -0.2) is 0 Å². The summed E-state index contributed by atoms with van der Waals surface area (Å²) >= 11 is 1.15. The fourth-order valence-electron chi connectivity index (χ4n) is 1.45. The summed E-state index contributed by atoms with van der Waals surface area (Å²) in [5, 5.41) is 17.2. The number of carbonyl (C=O) groups is 1. The minimum absolute atomic E-state index is 0.0173. The minimum Gasteiger partial charge on any atom is -0.497 e. The number of hydrogen-bond donors (Lipinski definition) is 1. The van der Waals surface area contributed by atoms with E-state index in [2.05, 4.69) is 10.2 Å². The Kier molecular flexibility index (Phi) is 4.35. The van der Waals surface area contributed by atoms with Gasteiger partial charge in [0.05, 0.1) is 18.6 Å². The molecule has 0 radical (unpaired) electrons. The zero-order chi connectivity index (χ0) is 13.7. The van der Waals surface area contributed by atoms with E-state index < -0.39 is 5.97 Å². The van der Waals surface area contributed by atoms with Gasteiger partial charge in [0, 0.05) is 5.56 Å². The largest absolute Gasteiger partial charge is 0.497 e. The molecule has 0 aliphatic heterocycles. The molecule has 0 atom stereocenters. The first-order chi connectivity index (χ1) is 9.19. The van der Waals surface area contributed by atoms with Crippen LogP contribution in [0, 0.1) is 0 Å². The minimum atomic E-state index is -0.869. The molecule has 5 nitrogen and oxygen atoms in total. The molecule has 0 unspecified atom stereocenters. The molecule has 0 amide bonds. The van der Waals surface area contributed by atoms with Crippen molar-refractivity contribution in [1.82, 2.24) is 10.2 Å². The fraction of sp³-hybridized carbons (Fsp3) is 0.154. The molecular weight excluding hydrogens is 264 g/mol. The summed E-state index contributed by atoms with van der Waals surface area (Å²) in [5.41, 5.74) is 1.67. The van der Waals surface area contributed by atoms with Crippen molar-refractivity contribution in [2.75, 3.05) is 12.9 Å². The second kappa shape index (κ2) is 6.19. The smallest absolute Gasteiger partial charge is 0.313 e. The number of thioether (sulfide) groups is 1. The average Bonchev–Trinajstić information content (AvgIpc) is 2.46. The van der Waals surface area contributed by atoms with E-state index in [-0.39, 0.29) is 5.75 Å². The summed E-state index contributed by atoms with van der Waals surface area (Å²) in [6, 6.07) is 11.1. The number of aliphatic carboxylic acids is 1. The maximum Gasteiger partial charge on any atom is 0.313 e. The van der Waals surface area contributed by atoms with Crippen molar-refractivity contribution in [3.8, 4) is 17.0 Å². The predicted molar refractivity (Wildman–Crippen MR) is 72.4 cm³/mol. The van der Waals surface area contributed by atoms with Crippen LogP contribution in [0.4, 0.5) is 0 Å². The first kappa shape index (κ1) is 13.4. The molecule has 0 bridgehead atoms. The molecule has 0 aliphatic rings. The molecule has 19 heavy (non-hydrogen) atoms. The maximum atomic E-state index is 10.4. The van der Waals surface area contributed by atoms with Crippen molar-refractivity contribution in [2.24, 2.45) is 0 Å². The summed E-state index contributed by atoms with van der Waals surface area (Å²) in [4.78, 5) is 10.4. The number of carboxylic acids is 1. The summed E-state index contributed by atoms with van der Waals surface area (Å²) < 4.78 is 5.08. The second-order valence-corrected chi connectivity index (χ2v) is 4.66. The molecule has 0 aliphatic carbocycles. The third-order valence-electron chi connectivity index (χ3n) is 2.37. The zero-order valence-corrected chi connectivity index (χ0v) is 11.1. The van der Waals surface area contributed by atoms with Gasteiger partial charge >= 0.3 is 5.97 Å². The van der Waals surface area contributed by atoms with Gasteiger partial charge in [0.15, 0.2) is 0 Å². The molecule has 2 rings (SSSR count). The first-order valence-corrected chi connectivity index (χ1v) is 6.50. The Labute approximate surface area is 114 Å². The van der Waals surface area contributed by atoms with Gasteiger partial charge < -0.3 is 9.84 Å². The van der Waals surface area contributed by atoms with E-state index in [1.807, 2.05) is 30.3 Å². The number of ether oxygens (including phenoxy) is 1. The van der Waals surface area contributed by atoms with Gasteiger partial charge in [-0.05, 0) is 36.4 Å². The Morgan fingerprint density at radius 2 is 1.95 bits per heavy atom. The van der Waals surface area contributed by atoms with E-state index in [9.17, 15) is 4.79 Å². The molecule has 1 aromatic carbocycles. The summed E-state index contributed by atoms with van der Waals surface area (Å²) in [5.74, 6) is -0.104. The summed E-state index contributed by atoms with van der Waals surface area (Å²) in [6.07, 6.45) is 0. The molecule has 0 spiro atoms. The Hall–Kier alpha value is -2.08. The summed E-state index contributed by atoms with van der Waals surface area (Å²) in [6.45, 7) is 0. The molecule has 0 fully saturated rings. The van der Waals surface area contributed by atoms with Crippen molar-refractivity contribution in [2.45, 2.75) is 5.03 Å². The van der Waals surface area contributed by atoms with Crippen molar-refractivity contribution in [3.05, 3.63) is 36.4 Å². The van der Waals surface area contributed by atoms with E-state index in [1.165, 1.54) is 0 Å². The Morgan fingerprint density at radius 3 is 2.47 bits per heavy atom. The van der Waals surface area contributed by atoms with Crippen LogP contribution in [0.25, 0.3) is 11.3 Å². The van der Waals surface area contributed by atoms with Crippen LogP contribution >= 0.6 is 11.8 Å². The van der Waals surface area contributed by atoms with Gasteiger partial charge in [0.1, 0.15) is 10.8 Å². The number of hydrogen-bond acceptors (Lipinski definition) is 5. The number of benzene rings is 1. The zero-order valence-electron chi connectivity index (χ0n) is 10.2. The van der Waals surface area contributed by atoms with Crippen LogP contribution in [0.15, 0.2) is 41.4 Å².